The normalized spacial score (nSPS) is 34.7. The molecule has 0 aromatic heterocycles. The monoisotopic (exact) mass is 209 g/mol. The molecule has 86 valence electrons. The predicted molar refractivity (Wildman–Crippen MR) is 61.2 cm³/mol. The summed E-state index contributed by atoms with van der Waals surface area (Å²) in [6.45, 7) is 6.25. The van der Waals surface area contributed by atoms with Gasteiger partial charge >= 0.3 is 0 Å². The lowest BCUT2D eigenvalue weighted by molar-refractivity contribution is -0.0648. The van der Waals surface area contributed by atoms with E-state index < -0.39 is 11.0 Å². The van der Waals surface area contributed by atoms with E-state index in [2.05, 4.69) is 19.9 Å². The van der Waals surface area contributed by atoms with Crippen LogP contribution < -0.4 is 0 Å². The van der Waals surface area contributed by atoms with Gasteiger partial charge in [-0.1, -0.05) is 27.2 Å². The Hall–Kier alpha value is -0.550. The molecule has 2 heteroatoms. The van der Waals surface area contributed by atoms with E-state index in [4.69, 9.17) is 0 Å². The summed E-state index contributed by atoms with van der Waals surface area (Å²) in [5.41, 5.74) is -1.24. The third-order valence-electron chi connectivity index (χ3n) is 4.11. The second kappa shape index (κ2) is 4.53. The average molecular weight is 209 g/mol. The predicted octanol–water partition coefficient (Wildman–Crippen LogP) is 3.26. The summed E-state index contributed by atoms with van der Waals surface area (Å²) < 4.78 is 0. The van der Waals surface area contributed by atoms with Gasteiger partial charge in [-0.25, -0.2) is 0 Å². The van der Waals surface area contributed by atoms with Crippen LogP contribution in [0.4, 0.5) is 0 Å². The van der Waals surface area contributed by atoms with Crippen molar-refractivity contribution in [2.45, 2.75) is 64.9 Å². The molecule has 0 aromatic carbocycles. The van der Waals surface area contributed by atoms with Gasteiger partial charge in [-0.15, -0.1) is 0 Å². The van der Waals surface area contributed by atoms with Crippen molar-refractivity contribution >= 4 is 0 Å². The van der Waals surface area contributed by atoms with Gasteiger partial charge in [0.25, 0.3) is 0 Å². The van der Waals surface area contributed by atoms with Gasteiger partial charge in [0.05, 0.1) is 17.1 Å². The molecule has 0 radical (unpaired) electrons. The first-order valence-electron chi connectivity index (χ1n) is 6.17. The second-order valence-electron chi connectivity index (χ2n) is 5.18. The number of nitriles is 1. The highest BCUT2D eigenvalue weighted by molar-refractivity contribution is 5.14. The third-order valence-corrected chi connectivity index (χ3v) is 4.11. The molecule has 3 atom stereocenters. The summed E-state index contributed by atoms with van der Waals surface area (Å²) in [5.74, 6) is 0.583. The molecule has 0 spiro atoms. The molecule has 1 saturated carbocycles. The zero-order valence-corrected chi connectivity index (χ0v) is 10.2. The lowest BCUT2D eigenvalue weighted by atomic mass is 9.67. The molecule has 0 heterocycles. The van der Waals surface area contributed by atoms with Crippen LogP contribution in [0.5, 0.6) is 0 Å². The average Bonchev–Trinajstić information content (AvgIpc) is 2.62. The van der Waals surface area contributed by atoms with E-state index in [1.54, 1.807) is 0 Å². The van der Waals surface area contributed by atoms with Crippen LogP contribution in [0.1, 0.15) is 59.3 Å². The largest absolute Gasteiger partial charge is 0.388 e. The highest BCUT2D eigenvalue weighted by Gasteiger charge is 2.52. The first-order valence-corrected chi connectivity index (χ1v) is 6.17. The fourth-order valence-corrected chi connectivity index (χ4v) is 3.09. The van der Waals surface area contributed by atoms with E-state index in [0.717, 1.165) is 32.1 Å². The Morgan fingerprint density at radius 3 is 2.53 bits per heavy atom. The molecule has 0 saturated heterocycles. The van der Waals surface area contributed by atoms with E-state index in [9.17, 15) is 10.4 Å². The molecule has 0 bridgehead atoms. The van der Waals surface area contributed by atoms with E-state index in [1.165, 1.54) is 0 Å². The summed E-state index contributed by atoms with van der Waals surface area (Å²) in [7, 11) is 0. The summed E-state index contributed by atoms with van der Waals surface area (Å²) in [6.07, 6.45) is 5.22. The van der Waals surface area contributed by atoms with Crippen molar-refractivity contribution in [3.05, 3.63) is 0 Å². The van der Waals surface area contributed by atoms with Crippen LogP contribution in [-0.2, 0) is 0 Å². The van der Waals surface area contributed by atoms with Gasteiger partial charge in [0, 0.05) is 0 Å². The van der Waals surface area contributed by atoms with Crippen LogP contribution in [0.3, 0.4) is 0 Å². The van der Waals surface area contributed by atoms with E-state index in [-0.39, 0.29) is 0 Å². The standard InChI is InChI=1S/C13H23NO/c1-4-7-13(15,5-2)12(10-14)8-6-11(3)9-12/h11,15H,4-9H2,1-3H3. The molecule has 1 fully saturated rings. The molecule has 1 aliphatic rings. The molecular weight excluding hydrogens is 186 g/mol. The molecule has 2 nitrogen and oxygen atoms in total. The van der Waals surface area contributed by atoms with Gasteiger partial charge in [-0.05, 0) is 38.0 Å². The van der Waals surface area contributed by atoms with Gasteiger partial charge in [-0.2, -0.15) is 5.26 Å². The smallest absolute Gasteiger partial charge is 0.0862 e. The van der Waals surface area contributed by atoms with Gasteiger partial charge in [0.15, 0.2) is 0 Å². The minimum absolute atomic E-state index is 0.475. The van der Waals surface area contributed by atoms with Crippen LogP contribution >= 0.6 is 0 Å². The Bertz CT molecular complexity index is 258. The van der Waals surface area contributed by atoms with Crippen molar-refractivity contribution in [2.75, 3.05) is 0 Å². The zero-order valence-electron chi connectivity index (χ0n) is 10.2. The molecule has 1 N–H and O–H groups in total. The summed E-state index contributed by atoms with van der Waals surface area (Å²) in [5, 5.41) is 20.1. The minimum Gasteiger partial charge on any atom is -0.388 e. The van der Waals surface area contributed by atoms with E-state index >= 15 is 0 Å². The Balaban J connectivity index is 2.94. The molecule has 15 heavy (non-hydrogen) atoms. The highest BCUT2D eigenvalue weighted by Crippen LogP contribution is 2.51. The maximum absolute atomic E-state index is 10.7. The Labute approximate surface area is 93.3 Å². The maximum atomic E-state index is 10.7. The van der Waals surface area contributed by atoms with Crippen molar-refractivity contribution in [1.29, 1.82) is 5.26 Å². The van der Waals surface area contributed by atoms with Crippen molar-refractivity contribution in [1.82, 2.24) is 0 Å². The topological polar surface area (TPSA) is 44.0 Å². The Morgan fingerprint density at radius 2 is 2.20 bits per heavy atom. The molecular formula is C13H23NO. The van der Waals surface area contributed by atoms with Crippen LogP contribution in [0.2, 0.25) is 0 Å². The molecule has 1 rings (SSSR count). The minimum atomic E-state index is -0.763. The van der Waals surface area contributed by atoms with Gasteiger partial charge in [0.1, 0.15) is 0 Å². The van der Waals surface area contributed by atoms with Crippen molar-refractivity contribution in [3.8, 4) is 6.07 Å². The SMILES string of the molecule is CCCC(O)(CC)C1(C#N)CCC(C)C1. The first kappa shape index (κ1) is 12.5. The fraction of sp³-hybridized carbons (Fsp3) is 0.923. The number of hydrogen-bond acceptors (Lipinski definition) is 2. The first-order chi connectivity index (χ1) is 7.03. The van der Waals surface area contributed by atoms with Crippen LogP contribution in [0.15, 0.2) is 0 Å². The van der Waals surface area contributed by atoms with Crippen molar-refractivity contribution in [3.63, 3.8) is 0 Å². The quantitative estimate of drug-likeness (QED) is 0.772. The van der Waals surface area contributed by atoms with Gasteiger partial charge in [0.2, 0.25) is 0 Å². The Morgan fingerprint density at radius 1 is 1.53 bits per heavy atom. The van der Waals surface area contributed by atoms with Crippen LogP contribution in [0.25, 0.3) is 0 Å². The summed E-state index contributed by atoms with van der Waals surface area (Å²) in [6, 6.07) is 2.43. The number of nitrogens with zero attached hydrogens (tertiary/aromatic N) is 1. The maximum Gasteiger partial charge on any atom is 0.0862 e. The van der Waals surface area contributed by atoms with Crippen molar-refractivity contribution < 1.29 is 5.11 Å². The third kappa shape index (κ3) is 2.03. The van der Waals surface area contributed by atoms with E-state index in [0.29, 0.717) is 12.3 Å². The Kier molecular flexibility index (Phi) is 3.78. The highest BCUT2D eigenvalue weighted by atomic mass is 16.3. The molecule has 3 unspecified atom stereocenters. The van der Waals surface area contributed by atoms with Crippen LogP contribution in [0, 0.1) is 22.7 Å². The number of rotatable bonds is 4. The molecule has 0 aliphatic heterocycles. The van der Waals surface area contributed by atoms with E-state index in [1.807, 2.05) is 6.92 Å². The van der Waals surface area contributed by atoms with Gasteiger partial charge in [-0.3, -0.25) is 0 Å². The number of hydrogen-bond donors (Lipinski definition) is 1. The van der Waals surface area contributed by atoms with Crippen LogP contribution in [-0.4, -0.2) is 10.7 Å². The summed E-state index contributed by atoms with van der Waals surface area (Å²) >= 11 is 0. The lowest BCUT2D eigenvalue weighted by Crippen LogP contribution is -2.45. The molecule has 0 aromatic rings. The molecule has 1 aliphatic carbocycles. The van der Waals surface area contributed by atoms with Gasteiger partial charge < -0.3 is 5.11 Å². The summed E-state index contributed by atoms with van der Waals surface area (Å²) in [4.78, 5) is 0. The second-order valence-corrected chi connectivity index (χ2v) is 5.18. The molecule has 0 amide bonds. The van der Waals surface area contributed by atoms with Crippen molar-refractivity contribution in [2.24, 2.45) is 11.3 Å². The zero-order chi connectivity index (χ0) is 11.5. The lowest BCUT2D eigenvalue weighted by Gasteiger charge is -2.40. The number of aliphatic hydroxyl groups is 1. The fourth-order valence-electron chi connectivity index (χ4n) is 3.09.